The monoisotopic (exact) mass is 254 g/mol. The molecule has 0 amide bonds. The van der Waals surface area contributed by atoms with E-state index in [0.717, 1.165) is 19.3 Å². The van der Waals surface area contributed by atoms with E-state index in [1.807, 2.05) is 0 Å². The molecule has 2 aromatic rings. The van der Waals surface area contributed by atoms with Crippen LogP contribution in [0.4, 0.5) is 4.39 Å². The number of para-hydroxylation sites is 1. The quantitative estimate of drug-likeness (QED) is 0.616. The van der Waals surface area contributed by atoms with Crippen molar-refractivity contribution in [2.75, 3.05) is 0 Å². The molecule has 0 aliphatic heterocycles. The van der Waals surface area contributed by atoms with Gasteiger partial charge in [-0.15, -0.1) is 0 Å². The number of carbonyl (C=O) groups is 1. The molecular formula is C13H12FLiN2O2. The van der Waals surface area contributed by atoms with Gasteiger partial charge in [0.25, 0.3) is 0 Å². The third-order valence-electron chi connectivity index (χ3n) is 3.57. The first kappa shape index (κ1) is 14.1. The van der Waals surface area contributed by atoms with Gasteiger partial charge in [-0.25, -0.2) is 9.37 Å². The zero-order valence-electron chi connectivity index (χ0n) is 10.7. The van der Waals surface area contributed by atoms with E-state index in [-0.39, 0.29) is 30.2 Å². The van der Waals surface area contributed by atoms with E-state index >= 15 is 0 Å². The molecule has 1 aliphatic rings. The number of carboxylic acid groups (broad SMARTS) is 1. The van der Waals surface area contributed by atoms with Crippen molar-refractivity contribution in [2.24, 2.45) is 5.92 Å². The molecule has 3 rings (SSSR count). The van der Waals surface area contributed by atoms with Gasteiger partial charge >= 0.3 is 18.9 Å². The van der Waals surface area contributed by atoms with Gasteiger partial charge in [0.15, 0.2) is 5.82 Å². The zero-order valence-corrected chi connectivity index (χ0v) is 10.7. The van der Waals surface area contributed by atoms with E-state index in [0.29, 0.717) is 18.0 Å². The van der Waals surface area contributed by atoms with E-state index in [2.05, 4.69) is 4.98 Å². The largest absolute Gasteiger partial charge is 1.00 e. The summed E-state index contributed by atoms with van der Waals surface area (Å²) in [5.41, 5.74) is 0.636. The average molecular weight is 254 g/mol. The van der Waals surface area contributed by atoms with Crippen molar-refractivity contribution in [1.29, 1.82) is 0 Å². The van der Waals surface area contributed by atoms with Crippen molar-refractivity contribution in [3.63, 3.8) is 0 Å². The molecule has 1 fully saturated rings. The number of nitrogens with zero attached hydrogens (tertiary/aromatic N) is 2. The number of aromatic carboxylic acids is 1. The summed E-state index contributed by atoms with van der Waals surface area (Å²) in [4.78, 5) is 15.0. The molecule has 4 nitrogen and oxygen atoms in total. The van der Waals surface area contributed by atoms with E-state index in [1.54, 1.807) is 6.07 Å². The average Bonchev–Trinajstić information content (AvgIpc) is 2.64. The Morgan fingerprint density at radius 3 is 2.79 bits per heavy atom. The molecule has 0 radical (unpaired) electrons. The summed E-state index contributed by atoms with van der Waals surface area (Å²) in [6, 6.07) is 4.46. The molecule has 1 aromatic carbocycles. The van der Waals surface area contributed by atoms with Gasteiger partial charge in [0, 0.05) is 6.54 Å². The number of carboxylic acids is 1. The minimum absolute atomic E-state index is 0. The fourth-order valence-corrected chi connectivity index (χ4v) is 2.41. The van der Waals surface area contributed by atoms with Crippen LogP contribution in [0.1, 0.15) is 29.9 Å². The number of hydrogen-bond donors (Lipinski definition) is 0. The van der Waals surface area contributed by atoms with Crippen LogP contribution in [0.25, 0.3) is 11.0 Å². The number of carbonyl (C=O) groups excluding carboxylic acids is 1. The van der Waals surface area contributed by atoms with Gasteiger partial charge in [-0.05, 0) is 30.9 Å². The van der Waals surface area contributed by atoms with Gasteiger partial charge in [-0.3, -0.25) is 0 Å². The summed E-state index contributed by atoms with van der Waals surface area (Å²) >= 11 is 0. The second-order valence-electron chi connectivity index (χ2n) is 4.74. The molecule has 1 aliphatic carbocycles. The van der Waals surface area contributed by atoms with Gasteiger partial charge in [0.1, 0.15) is 17.3 Å². The molecule has 1 heterocycles. The van der Waals surface area contributed by atoms with Gasteiger partial charge < -0.3 is 14.5 Å². The maximum atomic E-state index is 13.8. The van der Waals surface area contributed by atoms with Gasteiger partial charge in [0.2, 0.25) is 0 Å². The molecule has 0 atom stereocenters. The Balaban J connectivity index is 0.00000133. The van der Waals surface area contributed by atoms with Crippen molar-refractivity contribution in [1.82, 2.24) is 9.55 Å². The smallest absolute Gasteiger partial charge is 0.542 e. The van der Waals surface area contributed by atoms with Crippen LogP contribution in [0.5, 0.6) is 0 Å². The second-order valence-corrected chi connectivity index (χ2v) is 4.74. The van der Waals surface area contributed by atoms with Crippen molar-refractivity contribution in [3.05, 3.63) is 29.8 Å². The predicted molar refractivity (Wildman–Crippen MR) is 61.4 cm³/mol. The number of aromatic nitrogens is 2. The van der Waals surface area contributed by atoms with E-state index in [1.165, 1.54) is 16.7 Å². The van der Waals surface area contributed by atoms with Crippen molar-refractivity contribution < 1.29 is 33.2 Å². The number of imidazole rings is 1. The van der Waals surface area contributed by atoms with Gasteiger partial charge in [0.05, 0.1) is 5.52 Å². The second kappa shape index (κ2) is 5.36. The van der Waals surface area contributed by atoms with E-state index in [4.69, 9.17) is 0 Å². The molecule has 0 saturated heterocycles. The summed E-state index contributed by atoms with van der Waals surface area (Å²) < 4.78 is 15.3. The van der Waals surface area contributed by atoms with Crippen molar-refractivity contribution in [3.8, 4) is 0 Å². The molecule has 0 N–H and O–H groups in total. The maximum absolute atomic E-state index is 13.8. The molecule has 1 aromatic heterocycles. The Morgan fingerprint density at radius 1 is 1.47 bits per heavy atom. The summed E-state index contributed by atoms with van der Waals surface area (Å²) in [6.07, 6.45) is 3.27. The van der Waals surface area contributed by atoms with Crippen LogP contribution >= 0.6 is 0 Å². The van der Waals surface area contributed by atoms with Gasteiger partial charge in [-0.1, -0.05) is 12.5 Å². The molecule has 0 spiro atoms. The summed E-state index contributed by atoms with van der Waals surface area (Å²) in [6.45, 7) is 0.501. The summed E-state index contributed by atoms with van der Waals surface area (Å²) in [7, 11) is 0. The summed E-state index contributed by atoms with van der Waals surface area (Å²) in [5, 5.41) is 11.1. The van der Waals surface area contributed by atoms with Crippen LogP contribution in [0, 0.1) is 11.7 Å². The fraction of sp³-hybridized carbons (Fsp3) is 0.385. The topological polar surface area (TPSA) is 57.9 Å². The molecule has 0 unspecified atom stereocenters. The number of rotatable bonds is 3. The van der Waals surface area contributed by atoms with Crippen LogP contribution in [-0.2, 0) is 6.54 Å². The van der Waals surface area contributed by atoms with Gasteiger partial charge in [-0.2, -0.15) is 0 Å². The van der Waals surface area contributed by atoms with Crippen LogP contribution in [0.15, 0.2) is 18.2 Å². The molecule has 94 valence electrons. The third-order valence-corrected chi connectivity index (χ3v) is 3.57. The Morgan fingerprint density at radius 2 is 2.21 bits per heavy atom. The normalized spacial score (nSPS) is 15.0. The number of halogens is 1. The first-order valence-electron chi connectivity index (χ1n) is 6.03. The zero-order chi connectivity index (χ0) is 12.7. The van der Waals surface area contributed by atoms with Crippen LogP contribution in [-0.4, -0.2) is 15.5 Å². The van der Waals surface area contributed by atoms with Crippen molar-refractivity contribution >= 4 is 17.0 Å². The molecule has 1 saturated carbocycles. The predicted octanol–water partition coefficient (Wildman–Crippen LogP) is -1.66. The number of fused-ring (bicyclic) bond motifs is 1. The fourth-order valence-electron chi connectivity index (χ4n) is 2.41. The standard InChI is InChI=1S/C13H13FN2O2.Li/c14-9-5-2-6-10-11(9)16(7-8-3-1-4-8)12(15-10)13(17)18;/h2,5-6,8H,1,3-4,7H2,(H,17,18);/q;+1/p-1. The first-order chi connectivity index (χ1) is 8.66. The molecule has 0 bridgehead atoms. The maximum Gasteiger partial charge on any atom is 1.00 e. The molecule has 6 heteroatoms. The van der Waals surface area contributed by atoms with Crippen LogP contribution < -0.4 is 24.0 Å². The SMILES string of the molecule is O=C([O-])c1nc2cccc(F)c2n1CC1CCC1.[Li+]. The van der Waals surface area contributed by atoms with Crippen LogP contribution in [0.3, 0.4) is 0 Å². The third kappa shape index (κ3) is 2.41. The van der Waals surface area contributed by atoms with E-state index < -0.39 is 11.8 Å². The molecule has 19 heavy (non-hydrogen) atoms. The molecular weight excluding hydrogens is 242 g/mol. The van der Waals surface area contributed by atoms with E-state index in [9.17, 15) is 14.3 Å². The van der Waals surface area contributed by atoms with Crippen molar-refractivity contribution in [2.45, 2.75) is 25.8 Å². The Hall–Kier alpha value is -1.31. The Labute approximate surface area is 121 Å². The van der Waals surface area contributed by atoms with Crippen LogP contribution in [0.2, 0.25) is 0 Å². The summed E-state index contributed by atoms with van der Waals surface area (Å²) in [5.74, 6) is -1.56. The number of benzene rings is 1. The number of hydrogen-bond acceptors (Lipinski definition) is 3. The minimum atomic E-state index is -1.36. The Bertz CT molecular complexity index is 622. The first-order valence-corrected chi connectivity index (χ1v) is 6.03. The Kier molecular flexibility index (Phi) is 3.98. The minimum Gasteiger partial charge on any atom is -0.542 e.